The van der Waals surface area contributed by atoms with Gasteiger partial charge in [0, 0.05) is 25.6 Å². The Balaban J connectivity index is 2.15. The maximum absolute atomic E-state index is 13.5. The van der Waals surface area contributed by atoms with Gasteiger partial charge in [-0.2, -0.15) is 0 Å². The molecule has 0 saturated heterocycles. The second kappa shape index (κ2) is 15.4. The Morgan fingerprint density at radius 1 is 0.947 bits per heavy atom. The molecule has 0 aliphatic rings. The van der Waals surface area contributed by atoms with Crippen molar-refractivity contribution >= 4 is 27.5 Å². The molecule has 0 aromatic heterocycles. The van der Waals surface area contributed by atoms with Crippen LogP contribution < -0.4 is 14.4 Å². The van der Waals surface area contributed by atoms with Gasteiger partial charge in [0.2, 0.25) is 21.8 Å². The lowest BCUT2D eigenvalue weighted by Crippen LogP contribution is -2.51. The van der Waals surface area contributed by atoms with Crippen LogP contribution in [0.25, 0.3) is 0 Å². The quantitative estimate of drug-likeness (QED) is 0.337. The van der Waals surface area contributed by atoms with Crippen molar-refractivity contribution < 1.29 is 22.7 Å². The van der Waals surface area contributed by atoms with E-state index >= 15 is 0 Å². The van der Waals surface area contributed by atoms with E-state index in [0.29, 0.717) is 43.9 Å². The predicted octanol–water partition coefficient (Wildman–Crippen LogP) is 4.40. The number of amides is 2. The van der Waals surface area contributed by atoms with Crippen LogP contribution in [0.3, 0.4) is 0 Å². The first-order valence-corrected chi connectivity index (χ1v) is 15.3. The molecule has 0 aliphatic heterocycles. The first-order valence-electron chi connectivity index (χ1n) is 13.4. The summed E-state index contributed by atoms with van der Waals surface area (Å²) in [7, 11) is -3.55. The summed E-state index contributed by atoms with van der Waals surface area (Å²) in [5, 5.41) is 3.01. The van der Waals surface area contributed by atoms with Gasteiger partial charge >= 0.3 is 0 Å². The summed E-state index contributed by atoms with van der Waals surface area (Å²) >= 11 is 0. The minimum Gasteiger partial charge on any atom is -0.494 e. The van der Waals surface area contributed by atoms with Crippen molar-refractivity contribution in [2.45, 2.75) is 71.9 Å². The van der Waals surface area contributed by atoms with Crippen molar-refractivity contribution in [2.24, 2.45) is 0 Å². The molecular weight excluding hydrogens is 502 g/mol. The number of sulfonamides is 1. The molecule has 0 saturated carbocycles. The summed E-state index contributed by atoms with van der Waals surface area (Å²) in [6.07, 6.45) is 3.53. The number of hydrogen-bond acceptors (Lipinski definition) is 5. The van der Waals surface area contributed by atoms with Crippen molar-refractivity contribution in [2.75, 3.05) is 30.3 Å². The van der Waals surface area contributed by atoms with Crippen molar-refractivity contribution in [3.63, 3.8) is 0 Å². The molecule has 0 aliphatic carbocycles. The molecule has 8 nitrogen and oxygen atoms in total. The van der Waals surface area contributed by atoms with Crippen LogP contribution in [0, 0.1) is 0 Å². The van der Waals surface area contributed by atoms with E-state index in [9.17, 15) is 18.0 Å². The van der Waals surface area contributed by atoms with Crippen molar-refractivity contribution in [3.8, 4) is 5.75 Å². The first kappa shape index (κ1) is 31.1. The van der Waals surface area contributed by atoms with E-state index in [2.05, 4.69) is 5.32 Å². The summed E-state index contributed by atoms with van der Waals surface area (Å²) in [6.45, 7) is 8.82. The van der Waals surface area contributed by atoms with E-state index in [-0.39, 0.29) is 30.8 Å². The number of nitrogens with one attached hydrogen (secondary N) is 1. The van der Waals surface area contributed by atoms with Gasteiger partial charge in [0.1, 0.15) is 11.8 Å². The van der Waals surface area contributed by atoms with Crippen LogP contribution in [0.4, 0.5) is 5.69 Å². The number of anilines is 1. The third kappa shape index (κ3) is 9.67. The van der Waals surface area contributed by atoms with Gasteiger partial charge in [-0.3, -0.25) is 13.9 Å². The Labute approximate surface area is 228 Å². The third-order valence-electron chi connectivity index (χ3n) is 6.46. The van der Waals surface area contributed by atoms with Gasteiger partial charge in [-0.05, 0) is 69.4 Å². The minimum atomic E-state index is -3.55. The van der Waals surface area contributed by atoms with Gasteiger partial charge in [-0.25, -0.2) is 8.42 Å². The normalized spacial score (nSPS) is 12.9. The van der Waals surface area contributed by atoms with Gasteiger partial charge < -0.3 is 15.0 Å². The lowest BCUT2D eigenvalue weighted by Gasteiger charge is -2.32. The van der Waals surface area contributed by atoms with Crippen molar-refractivity contribution in [1.82, 2.24) is 10.2 Å². The summed E-state index contributed by atoms with van der Waals surface area (Å²) in [5.41, 5.74) is 1.60. The Morgan fingerprint density at radius 3 is 2.16 bits per heavy atom. The van der Waals surface area contributed by atoms with Gasteiger partial charge in [-0.15, -0.1) is 0 Å². The molecule has 0 fully saturated rings. The maximum Gasteiger partial charge on any atom is 0.243 e. The lowest BCUT2D eigenvalue weighted by atomic mass is 10.1. The lowest BCUT2D eigenvalue weighted by molar-refractivity contribution is -0.141. The molecule has 1 N–H and O–H groups in total. The highest BCUT2D eigenvalue weighted by molar-refractivity contribution is 7.92. The van der Waals surface area contributed by atoms with Gasteiger partial charge in [-0.1, -0.05) is 44.2 Å². The topological polar surface area (TPSA) is 96.0 Å². The van der Waals surface area contributed by atoms with Crippen LogP contribution in [0.2, 0.25) is 0 Å². The van der Waals surface area contributed by atoms with Crippen LogP contribution in [-0.4, -0.2) is 63.2 Å². The highest BCUT2D eigenvalue weighted by Crippen LogP contribution is 2.22. The van der Waals surface area contributed by atoms with Crippen molar-refractivity contribution in [1.29, 1.82) is 0 Å². The Hall–Kier alpha value is -3.07. The number of carbonyl (C=O) groups excluding carboxylic acids is 2. The van der Waals surface area contributed by atoms with Crippen LogP contribution in [0.5, 0.6) is 5.75 Å². The smallest absolute Gasteiger partial charge is 0.243 e. The monoisotopic (exact) mass is 545 g/mol. The van der Waals surface area contributed by atoms with E-state index in [1.54, 1.807) is 29.2 Å². The average molecular weight is 546 g/mol. The van der Waals surface area contributed by atoms with Gasteiger partial charge in [0.25, 0.3) is 0 Å². The number of rotatable bonds is 16. The molecule has 210 valence electrons. The Morgan fingerprint density at radius 2 is 1.61 bits per heavy atom. The van der Waals surface area contributed by atoms with E-state index in [0.717, 1.165) is 18.2 Å². The summed E-state index contributed by atoms with van der Waals surface area (Å²) in [5.74, 6) is 0.345. The molecule has 2 aromatic carbocycles. The molecule has 2 atom stereocenters. The second-order valence-electron chi connectivity index (χ2n) is 9.43. The summed E-state index contributed by atoms with van der Waals surface area (Å²) < 4.78 is 31.8. The molecule has 9 heteroatoms. The van der Waals surface area contributed by atoms with Crippen molar-refractivity contribution in [3.05, 3.63) is 60.2 Å². The fraction of sp³-hybridized carbons (Fsp3) is 0.517. The molecule has 0 bridgehead atoms. The highest BCUT2D eigenvalue weighted by Gasteiger charge is 2.29. The molecular formula is C29H43N3O5S. The zero-order chi connectivity index (χ0) is 28.1. The third-order valence-corrected chi connectivity index (χ3v) is 7.65. The van der Waals surface area contributed by atoms with Crippen LogP contribution in [-0.2, 0) is 26.0 Å². The average Bonchev–Trinajstić information content (AvgIpc) is 2.89. The number of benzene rings is 2. The molecule has 2 rings (SSSR count). The molecule has 2 aromatic rings. The number of nitrogens with zero attached hydrogens (tertiary/aromatic N) is 2. The Kier molecular flexibility index (Phi) is 12.6. The zero-order valence-corrected chi connectivity index (χ0v) is 24.2. The largest absolute Gasteiger partial charge is 0.494 e. The predicted molar refractivity (Wildman–Crippen MR) is 153 cm³/mol. The number of hydrogen-bond donors (Lipinski definition) is 1. The highest BCUT2D eigenvalue weighted by atomic mass is 32.2. The maximum atomic E-state index is 13.5. The Bertz CT molecular complexity index is 1110. The van der Waals surface area contributed by atoms with Crippen LogP contribution in [0.1, 0.15) is 58.9 Å². The molecule has 2 amide bonds. The zero-order valence-electron chi connectivity index (χ0n) is 23.4. The number of carbonyl (C=O) groups is 2. The molecule has 38 heavy (non-hydrogen) atoms. The summed E-state index contributed by atoms with van der Waals surface area (Å²) in [4.78, 5) is 28.2. The fourth-order valence-electron chi connectivity index (χ4n) is 4.22. The second-order valence-corrected chi connectivity index (χ2v) is 11.3. The molecule has 0 spiro atoms. The standard InChI is InChI=1S/C29H43N3O5S/c1-6-23(4)30-29(34)27(7-2)31(22-20-24-13-10-9-11-14-24)28(33)15-12-21-32(38(5,35)36)25-16-18-26(19-17-25)37-8-3/h9-11,13-14,16-19,23,27H,6-8,12,15,20-22H2,1-5H3,(H,30,34)/t23-,27-/m1/s1. The van der Waals surface area contributed by atoms with E-state index in [1.807, 2.05) is 58.0 Å². The van der Waals surface area contributed by atoms with Crippen LogP contribution >= 0.6 is 0 Å². The molecule has 0 radical (unpaired) electrons. The molecule has 0 unspecified atom stereocenters. The van der Waals surface area contributed by atoms with E-state index in [1.165, 1.54) is 4.31 Å². The summed E-state index contributed by atoms with van der Waals surface area (Å²) in [6, 6.07) is 16.1. The molecule has 0 heterocycles. The van der Waals surface area contributed by atoms with Gasteiger partial charge in [0.15, 0.2) is 0 Å². The van der Waals surface area contributed by atoms with E-state index < -0.39 is 16.1 Å². The number of ether oxygens (including phenoxy) is 1. The SMILES string of the molecule is CCOc1ccc(N(CCCC(=O)N(CCc2ccccc2)[C@H](CC)C(=O)N[C@H](C)CC)S(C)(=O)=O)cc1. The fourth-order valence-corrected chi connectivity index (χ4v) is 5.18. The van der Waals surface area contributed by atoms with E-state index in [4.69, 9.17) is 4.74 Å². The van der Waals surface area contributed by atoms with Gasteiger partial charge in [0.05, 0.1) is 18.6 Å². The first-order chi connectivity index (χ1) is 18.1. The van der Waals surface area contributed by atoms with Crippen LogP contribution in [0.15, 0.2) is 54.6 Å². The minimum absolute atomic E-state index is 0.0139.